The van der Waals surface area contributed by atoms with Crippen molar-refractivity contribution in [1.82, 2.24) is 4.98 Å². The van der Waals surface area contributed by atoms with Gasteiger partial charge in [-0.25, -0.2) is 9.37 Å². The Kier molecular flexibility index (Phi) is 5.16. The molecule has 0 aliphatic heterocycles. The van der Waals surface area contributed by atoms with Gasteiger partial charge in [0.15, 0.2) is 11.5 Å². The summed E-state index contributed by atoms with van der Waals surface area (Å²) >= 11 is 0. The number of fused-ring (bicyclic) bond motifs is 1. The van der Waals surface area contributed by atoms with Gasteiger partial charge < -0.3 is 9.73 Å². The zero-order chi connectivity index (χ0) is 14.4. The molecule has 108 valence electrons. The molecular weight excluding hydrogens is 255 g/mol. The van der Waals surface area contributed by atoms with Gasteiger partial charge in [0.2, 0.25) is 0 Å². The van der Waals surface area contributed by atoms with Crippen LogP contribution in [0.15, 0.2) is 34.5 Å². The molecule has 1 N–H and O–H groups in total. The summed E-state index contributed by atoms with van der Waals surface area (Å²) in [6.07, 6.45) is 4.45. The molecule has 1 aromatic carbocycles. The highest BCUT2D eigenvalue weighted by Crippen LogP contribution is 2.21. The Morgan fingerprint density at radius 2 is 2.25 bits per heavy atom. The highest BCUT2D eigenvalue weighted by molar-refractivity contribution is 5.77. The second-order valence-corrected chi connectivity index (χ2v) is 4.87. The molecule has 0 aliphatic rings. The molecule has 0 radical (unpaired) electrons. The first-order chi connectivity index (χ1) is 9.76. The quantitative estimate of drug-likeness (QED) is 0.786. The summed E-state index contributed by atoms with van der Waals surface area (Å²) in [5.41, 5.74) is 3.32. The molecule has 4 heteroatoms. The molecule has 20 heavy (non-hydrogen) atoms. The number of hydrogen-bond acceptors (Lipinski definition) is 3. The van der Waals surface area contributed by atoms with Crippen molar-refractivity contribution in [1.29, 1.82) is 0 Å². The van der Waals surface area contributed by atoms with Crippen molar-refractivity contribution in [3.8, 4) is 0 Å². The number of halogens is 1. The molecule has 0 saturated carbocycles. The molecule has 1 aromatic heterocycles. The molecule has 0 unspecified atom stereocenters. The first-order valence-corrected chi connectivity index (χ1v) is 7.18. The molecule has 0 bridgehead atoms. The summed E-state index contributed by atoms with van der Waals surface area (Å²) in [6, 6.07) is 5.80. The number of nitrogens with zero attached hydrogens (tertiary/aromatic N) is 1. The van der Waals surface area contributed by atoms with E-state index < -0.39 is 0 Å². The molecule has 0 aliphatic carbocycles. The number of nitrogens with one attached hydrogen (secondary N) is 1. The molecule has 2 aromatic rings. The number of oxazole rings is 1. The number of benzene rings is 1. The Bertz CT molecular complexity index is 589. The van der Waals surface area contributed by atoms with Gasteiger partial charge in [-0.3, -0.25) is 0 Å². The summed E-state index contributed by atoms with van der Waals surface area (Å²) < 4.78 is 18.2. The molecule has 1 heterocycles. The number of aryl methyl sites for hydroxylation is 1. The van der Waals surface area contributed by atoms with Gasteiger partial charge in [0.1, 0.15) is 5.52 Å². The van der Waals surface area contributed by atoms with E-state index in [0.29, 0.717) is 19.3 Å². The van der Waals surface area contributed by atoms with Gasteiger partial charge in [0.25, 0.3) is 0 Å². The van der Waals surface area contributed by atoms with Gasteiger partial charge in [-0.15, -0.1) is 0 Å². The lowest BCUT2D eigenvalue weighted by atomic mass is 10.2. The Labute approximate surface area is 118 Å². The fourth-order valence-corrected chi connectivity index (χ4v) is 1.97. The predicted molar refractivity (Wildman–Crippen MR) is 80.6 cm³/mol. The molecule has 3 nitrogen and oxygen atoms in total. The minimum absolute atomic E-state index is 0.509. The van der Waals surface area contributed by atoms with Crippen molar-refractivity contribution < 1.29 is 8.81 Å². The average Bonchev–Trinajstić information content (AvgIpc) is 2.88. The minimum Gasteiger partial charge on any atom is -0.441 e. The summed E-state index contributed by atoms with van der Waals surface area (Å²) in [7, 11) is 0. The molecule has 0 spiro atoms. The van der Waals surface area contributed by atoms with E-state index in [2.05, 4.69) is 17.2 Å². The number of unbranched alkanes of at least 4 members (excludes halogenated alkanes) is 1. The second-order valence-electron chi connectivity index (χ2n) is 4.87. The van der Waals surface area contributed by atoms with Crippen LogP contribution in [0, 0.1) is 0 Å². The Morgan fingerprint density at radius 3 is 2.95 bits per heavy atom. The van der Waals surface area contributed by atoms with Crippen LogP contribution in [0.3, 0.4) is 0 Å². The van der Waals surface area contributed by atoms with E-state index in [9.17, 15) is 4.39 Å². The average molecular weight is 276 g/mol. The van der Waals surface area contributed by atoms with Crippen LogP contribution < -0.4 is 5.32 Å². The molecule has 0 fully saturated rings. The lowest BCUT2D eigenvalue weighted by Crippen LogP contribution is -2.03. The van der Waals surface area contributed by atoms with Gasteiger partial charge in [0, 0.05) is 24.7 Å². The Morgan fingerprint density at radius 1 is 1.40 bits per heavy atom. The third-order valence-electron chi connectivity index (χ3n) is 3.30. The third kappa shape index (κ3) is 3.59. The van der Waals surface area contributed by atoms with E-state index >= 15 is 0 Å². The molecular formula is C16H21FN2O. The van der Waals surface area contributed by atoms with E-state index in [1.54, 1.807) is 0 Å². The Hall–Kier alpha value is -1.84. The molecule has 0 amide bonds. The SMILES string of the molecule is CCCCc1nc2ccc(NCC(=CF)CC)cc2o1. The maximum Gasteiger partial charge on any atom is 0.195 e. The zero-order valence-electron chi connectivity index (χ0n) is 12.1. The van der Waals surface area contributed by atoms with Crippen molar-refractivity contribution in [2.45, 2.75) is 39.5 Å². The van der Waals surface area contributed by atoms with Crippen LogP contribution in [-0.4, -0.2) is 11.5 Å². The fraction of sp³-hybridized carbons (Fsp3) is 0.438. The van der Waals surface area contributed by atoms with E-state index in [1.165, 1.54) is 0 Å². The van der Waals surface area contributed by atoms with Crippen LogP contribution in [-0.2, 0) is 6.42 Å². The van der Waals surface area contributed by atoms with Crippen LogP contribution in [0.4, 0.5) is 10.1 Å². The monoisotopic (exact) mass is 276 g/mol. The van der Waals surface area contributed by atoms with E-state index in [-0.39, 0.29) is 0 Å². The van der Waals surface area contributed by atoms with E-state index in [0.717, 1.165) is 47.5 Å². The van der Waals surface area contributed by atoms with Crippen molar-refractivity contribution in [3.63, 3.8) is 0 Å². The van der Waals surface area contributed by atoms with E-state index in [4.69, 9.17) is 4.42 Å². The summed E-state index contributed by atoms with van der Waals surface area (Å²) in [6.45, 7) is 4.59. The first kappa shape index (κ1) is 14.6. The summed E-state index contributed by atoms with van der Waals surface area (Å²) in [5.74, 6) is 0.789. The van der Waals surface area contributed by atoms with Crippen molar-refractivity contribution >= 4 is 16.8 Å². The van der Waals surface area contributed by atoms with Crippen LogP contribution in [0.1, 0.15) is 39.0 Å². The van der Waals surface area contributed by atoms with Crippen LogP contribution >= 0.6 is 0 Å². The fourth-order valence-electron chi connectivity index (χ4n) is 1.97. The molecule has 0 atom stereocenters. The largest absolute Gasteiger partial charge is 0.441 e. The van der Waals surface area contributed by atoms with Gasteiger partial charge in [-0.05, 0) is 30.5 Å². The highest BCUT2D eigenvalue weighted by Gasteiger charge is 2.06. The van der Waals surface area contributed by atoms with Crippen LogP contribution in [0.25, 0.3) is 11.1 Å². The van der Waals surface area contributed by atoms with Gasteiger partial charge in [-0.2, -0.15) is 0 Å². The minimum atomic E-state index is 0.509. The Balaban J connectivity index is 2.08. The van der Waals surface area contributed by atoms with Gasteiger partial charge in [-0.1, -0.05) is 20.3 Å². The lowest BCUT2D eigenvalue weighted by Gasteiger charge is -2.06. The number of rotatable bonds is 7. The number of aromatic nitrogens is 1. The lowest BCUT2D eigenvalue weighted by molar-refractivity contribution is 0.518. The topological polar surface area (TPSA) is 38.1 Å². The smallest absolute Gasteiger partial charge is 0.195 e. The predicted octanol–water partition coefficient (Wildman–Crippen LogP) is 4.85. The summed E-state index contributed by atoms with van der Waals surface area (Å²) in [4.78, 5) is 4.45. The van der Waals surface area contributed by atoms with Crippen LogP contribution in [0.2, 0.25) is 0 Å². The first-order valence-electron chi connectivity index (χ1n) is 7.18. The van der Waals surface area contributed by atoms with E-state index in [1.807, 2.05) is 25.1 Å². The number of hydrogen-bond donors (Lipinski definition) is 1. The zero-order valence-corrected chi connectivity index (χ0v) is 12.1. The maximum absolute atomic E-state index is 12.5. The molecule has 2 rings (SSSR count). The summed E-state index contributed by atoms with van der Waals surface area (Å²) in [5, 5.41) is 3.20. The number of anilines is 1. The van der Waals surface area contributed by atoms with Crippen molar-refractivity contribution in [3.05, 3.63) is 36.0 Å². The van der Waals surface area contributed by atoms with Crippen molar-refractivity contribution in [2.24, 2.45) is 0 Å². The maximum atomic E-state index is 12.5. The van der Waals surface area contributed by atoms with Crippen molar-refractivity contribution in [2.75, 3.05) is 11.9 Å². The van der Waals surface area contributed by atoms with Crippen LogP contribution in [0.5, 0.6) is 0 Å². The molecule has 0 saturated heterocycles. The second kappa shape index (κ2) is 7.08. The normalized spacial score (nSPS) is 12.1. The highest BCUT2D eigenvalue weighted by atomic mass is 19.1. The van der Waals surface area contributed by atoms with Gasteiger partial charge >= 0.3 is 0 Å². The van der Waals surface area contributed by atoms with Gasteiger partial charge in [0.05, 0.1) is 6.33 Å². The standard InChI is InChI=1S/C16H21FN2O/c1-3-5-6-16-19-14-8-7-13(9-15(14)20-16)18-11-12(4-2)10-17/h7-10,18H,3-6,11H2,1-2H3. The third-order valence-corrected chi connectivity index (χ3v) is 3.30.